The van der Waals surface area contributed by atoms with Gasteiger partial charge in [0.2, 0.25) is 11.8 Å². The lowest BCUT2D eigenvalue weighted by Gasteiger charge is -2.21. The third kappa shape index (κ3) is 8.60. The fourth-order valence-electron chi connectivity index (χ4n) is 2.21. The Bertz CT molecular complexity index is 517. The molecule has 2 amide bonds. The van der Waals surface area contributed by atoms with E-state index in [1.807, 2.05) is 24.3 Å². The number of hydrogen-bond acceptors (Lipinski definition) is 2. The number of nitrogens with zero attached hydrogens (tertiary/aromatic N) is 1. The number of hydrogen-bond donors (Lipinski definition) is 1. The van der Waals surface area contributed by atoms with Gasteiger partial charge in [0.05, 0.1) is 0 Å². The molecule has 1 rings (SSSR count). The summed E-state index contributed by atoms with van der Waals surface area (Å²) in [5, 5.41) is 3.59. The molecule has 0 fully saturated rings. The van der Waals surface area contributed by atoms with Gasteiger partial charge in [-0.2, -0.15) is 0 Å². The minimum atomic E-state index is -0.0120. The smallest absolute Gasteiger partial charge is 0.221 e. The number of halogens is 1. The molecule has 0 saturated carbocycles. The second-order valence-electron chi connectivity index (χ2n) is 6.17. The minimum Gasteiger partial charge on any atom is -0.356 e. The summed E-state index contributed by atoms with van der Waals surface area (Å²) < 4.78 is 0. The second-order valence-corrected chi connectivity index (χ2v) is 6.60. The maximum Gasteiger partial charge on any atom is 0.221 e. The predicted octanol–water partition coefficient (Wildman–Crippen LogP) is 3.28. The topological polar surface area (TPSA) is 49.4 Å². The van der Waals surface area contributed by atoms with E-state index >= 15 is 0 Å². The number of carbonyl (C=O) groups excluding carboxylic acids is 2. The first-order chi connectivity index (χ1) is 10.9. The lowest BCUT2D eigenvalue weighted by Crippen LogP contribution is -2.35. The van der Waals surface area contributed by atoms with Crippen molar-refractivity contribution in [2.24, 2.45) is 5.92 Å². The summed E-state index contributed by atoms with van der Waals surface area (Å²) >= 11 is 5.96. The Balaban J connectivity index is 2.37. The summed E-state index contributed by atoms with van der Waals surface area (Å²) in [4.78, 5) is 25.2. The Morgan fingerprint density at radius 3 is 2.61 bits per heavy atom. The van der Waals surface area contributed by atoms with Crippen LogP contribution in [0.3, 0.4) is 0 Å². The molecule has 23 heavy (non-hydrogen) atoms. The van der Waals surface area contributed by atoms with E-state index in [2.05, 4.69) is 19.2 Å². The number of rotatable bonds is 9. The number of carbonyl (C=O) groups is 2. The number of benzene rings is 1. The molecule has 0 saturated heterocycles. The van der Waals surface area contributed by atoms with Gasteiger partial charge in [0.15, 0.2) is 0 Å². The Labute approximate surface area is 144 Å². The molecule has 0 spiro atoms. The van der Waals surface area contributed by atoms with E-state index in [0.717, 1.165) is 18.4 Å². The standard InChI is InChI=1S/C18H27ClN2O2/c1-14(2)7-10-20-18(23)9-12-21(15(3)22)11-8-16-5-4-6-17(19)13-16/h4-6,13-14H,7-12H2,1-3H3,(H,20,23). The quantitative estimate of drug-likeness (QED) is 0.751. The number of nitrogens with one attached hydrogen (secondary N) is 1. The number of amides is 2. The second kappa shape index (κ2) is 10.3. The Morgan fingerprint density at radius 2 is 2.00 bits per heavy atom. The average Bonchev–Trinajstić information content (AvgIpc) is 2.46. The van der Waals surface area contributed by atoms with Gasteiger partial charge in [-0.3, -0.25) is 9.59 Å². The van der Waals surface area contributed by atoms with Crippen molar-refractivity contribution in [1.29, 1.82) is 0 Å². The molecule has 0 aliphatic rings. The zero-order chi connectivity index (χ0) is 17.2. The molecular formula is C18H27ClN2O2. The molecular weight excluding hydrogens is 312 g/mol. The summed E-state index contributed by atoms with van der Waals surface area (Å²) in [5.41, 5.74) is 1.09. The van der Waals surface area contributed by atoms with Crippen LogP contribution in [0.15, 0.2) is 24.3 Å². The maximum atomic E-state index is 11.8. The van der Waals surface area contributed by atoms with E-state index in [4.69, 9.17) is 11.6 Å². The minimum absolute atomic E-state index is 0.000319. The van der Waals surface area contributed by atoms with E-state index in [1.54, 1.807) is 4.90 Å². The molecule has 0 aromatic heterocycles. The van der Waals surface area contributed by atoms with E-state index in [1.165, 1.54) is 6.92 Å². The van der Waals surface area contributed by atoms with Gasteiger partial charge in [0.25, 0.3) is 0 Å². The van der Waals surface area contributed by atoms with Crippen LogP contribution in [0.2, 0.25) is 5.02 Å². The molecule has 1 N–H and O–H groups in total. The lowest BCUT2D eigenvalue weighted by atomic mass is 10.1. The molecule has 5 heteroatoms. The molecule has 1 aromatic carbocycles. The van der Waals surface area contributed by atoms with Crippen LogP contribution in [0, 0.1) is 5.92 Å². The van der Waals surface area contributed by atoms with E-state index < -0.39 is 0 Å². The van der Waals surface area contributed by atoms with Crippen LogP contribution in [0.1, 0.15) is 39.2 Å². The summed E-state index contributed by atoms with van der Waals surface area (Å²) in [6, 6.07) is 7.62. The highest BCUT2D eigenvalue weighted by atomic mass is 35.5. The first kappa shape index (κ1) is 19.5. The highest BCUT2D eigenvalue weighted by molar-refractivity contribution is 6.30. The SMILES string of the molecule is CC(=O)N(CCC(=O)NCCC(C)C)CCc1cccc(Cl)c1. The summed E-state index contributed by atoms with van der Waals surface area (Å²) in [7, 11) is 0. The van der Waals surface area contributed by atoms with E-state index in [0.29, 0.717) is 37.0 Å². The first-order valence-corrected chi connectivity index (χ1v) is 8.53. The van der Waals surface area contributed by atoms with Crippen molar-refractivity contribution in [1.82, 2.24) is 10.2 Å². The van der Waals surface area contributed by atoms with Crippen molar-refractivity contribution in [3.05, 3.63) is 34.9 Å². The van der Waals surface area contributed by atoms with Crippen molar-refractivity contribution < 1.29 is 9.59 Å². The largest absolute Gasteiger partial charge is 0.356 e. The fourth-order valence-corrected chi connectivity index (χ4v) is 2.42. The molecule has 0 bridgehead atoms. The van der Waals surface area contributed by atoms with Crippen LogP contribution in [-0.2, 0) is 16.0 Å². The summed E-state index contributed by atoms with van der Waals surface area (Å²) in [6.07, 6.45) is 2.04. The van der Waals surface area contributed by atoms with Crippen LogP contribution >= 0.6 is 11.6 Å². The highest BCUT2D eigenvalue weighted by Gasteiger charge is 2.11. The molecule has 0 heterocycles. The average molecular weight is 339 g/mol. The van der Waals surface area contributed by atoms with Gasteiger partial charge in [-0.15, -0.1) is 0 Å². The van der Waals surface area contributed by atoms with Crippen LogP contribution < -0.4 is 5.32 Å². The van der Waals surface area contributed by atoms with E-state index in [9.17, 15) is 9.59 Å². The van der Waals surface area contributed by atoms with Crippen molar-refractivity contribution in [3.63, 3.8) is 0 Å². The third-order valence-corrected chi connectivity index (χ3v) is 3.89. The summed E-state index contributed by atoms with van der Waals surface area (Å²) in [6.45, 7) is 7.52. The zero-order valence-corrected chi connectivity index (χ0v) is 15.0. The third-order valence-electron chi connectivity index (χ3n) is 3.66. The van der Waals surface area contributed by atoms with Gasteiger partial charge in [0, 0.05) is 38.0 Å². The maximum absolute atomic E-state index is 11.8. The van der Waals surface area contributed by atoms with Gasteiger partial charge < -0.3 is 10.2 Å². The predicted molar refractivity (Wildman–Crippen MR) is 94.5 cm³/mol. The Morgan fingerprint density at radius 1 is 1.26 bits per heavy atom. The van der Waals surface area contributed by atoms with Crippen molar-refractivity contribution >= 4 is 23.4 Å². The van der Waals surface area contributed by atoms with Crippen LogP contribution in [0.4, 0.5) is 0 Å². The van der Waals surface area contributed by atoms with Gasteiger partial charge >= 0.3 is 0 Å². The van der Waals surface area contributed by atoms with Crippen molar-refractivity contribution in [3.8, 4) is 0 Å². The van der Waals surface area contributed by atoms with Crippen molar-refractivity contribution in [2.45, 2.75) is 40.0 Å². The van der Waals surface area contributed by atoms with Gasteiger partial charge in [-0.1, -0.05) is 37.6 Å². The molecule has 1 aromatic rings. The van der Waals surface area contributed by atoms with Crippen molar-refractivity contribution in [2.75, 3.05) is 19.6 Å². The van der Waals surface area contributed by atoms with Crippen LogP contribution in [-0.4, -0.2) is 36.3 Å². The first-order valence-electron chi connectivity index (χ1n) is 8.15. The monoisotopic (exact) mass is 338 g/mol. The molecule has 128 valence electrons. The Hall–Kier alpha value is -1.55. The zero-order valence-electron chi connectivity index (χ0n) is 14.3. The van der Waals surface area contributed by atoms with Gasteiger partial charge in [-0.05, 0) is 36.5 Å². The molecule has 0 radical (unpaired) electrons. The molecule has 0 aliphatic heterocycles. The van der Waals surface area contributed by atoms with Crippen LogP contribution in [0.25, 0.3) is 0 Å². The fraction of sp³-hybridized carbons (Fsp3) is 0.556. The van der Waals surface area contributed by atoms with E-state index in [-0.39, 0.29) is 11.8 Å². The van der Waals surface area contributed by atoms with Gasteiger partial charge in [0.1, 0.15) is 0 Å². The molecule has 0 unspecified atom stereocenters. The molecule has 4 nitrogen and oxygen atoms in total. The lowest BCUT2D eigenvalue weighted by molar-refractivity contribution is -0.129. The van der Waals surface area contributed by atoms with Crippen LogP contribution in [0.5, 0.6) is 0 Å². The molecule has 0 aliphatic carbocycles. The summed E-state index contributed by atoms with van der Waals surface area (Å²) in [5.74, 6) is 0.559. The molecule has 0 atom stereocenters. The van der Waals surface area contributed by atoms with Gasteiger partial charge in [-0.25, -0.2) is 0 Å². The normalized spacial score (nSPS) is 10.7. The Kier molecular flexibility index (Phi) is 8.70. The highest BCUT2D eigenvalue weighted by Crippen LogP contribution is 2.11.